The van der Waals surface area contributed by atoms with Crippen LogP contribution in [-0.2, 0) is 14.8 Å². The van der Waals surface area contributed by atoms with Crippen molar-refractivity contribution in [2.45, 2.75) is 19.9 Å². The second-order valence-electron chi connectivity index (χ2n) is 7.25. The van der Waals surface area contributed by atoms with E-state index in [9.17, 15) is 8.42 Å². The largest absolute Gasteiger partial charge is 0.496 e. The molecule has 7 nitrogen and oxygen atoms in total. The molecule has 0 unspecified atom stereocenters. The van der Waals surface area contributed by atoms with Gasteiger partial charge in [-0.2, -0.15) is 0 Å². The zero-order valence-corrected chi connectivity index (χ0v) is 17.3. The molecule has 27 heavy (non-hydrogen) atoms. The minimum atomic E-state index is -3.31. The molecule has 8 heteroatoms. The van der Waals surface area contributed by atoms with Crippen molar-refractivity contribution in [3.63, 3.8) is 0 Å². The van der Waals surface area contributed by atoms with Crippen molar-refractivity contribution in [3.8, 4) is 17.1 Å². The van der Waals surface area contributed by atoms with Gasteiger partial charge in [-0.3, -0.25) is 0 Å². The Bertz CT molecular complexity index is 921. The Morgan fingerprint density at radius 3 is 2.70 bits per heavy atom. The highest BCUT2D eigenvalue weighted by Gasteiger charge is 2.35. The lowest BCUT2D eigenvalue weighted by atomic mass is 10.0. The first-order valence-electron chi connectivity index (χ1n) is 8.91. The van der Waals surface area contributed by atoms with Crippen LogP contribution in [0.1, 0.15) is 17.2 Å². The molecule has 0 aliphatic carbocycles. The van der Waals surface area contributed by atoms with Crippen LogP contribution in [0.15, 0.2) is 24.5 Å². The second kappa shape index (κ2) is 7.61. The standard InChI is InChI=1S/C19H27N3O4S/c1-13-8-14(2)18(25-5)16(9-13)19-20-6-7-22(19)17-11-26-10-15(17)12-27(23,24)21(3)4/h6-9,15,17H,10-12H2,1-5H3/t15-,17+/m0/s1. The van der Waals surface area contributed by atoms with Gasteiger partial charge in [-0.1, -0.05) is 6.07 Å². The summed E-state index contributed by atoms with van der Waals surface area (Å²) in [5.74, 6) is 1.46. The zero-order valence-electron chi connectivity index (χ0n) is 16.5. The van der Waals surface area contributed by atoms with Crippen molar-refractivity contribution in [3.05, 3.63) is 35.7 Å². The Kier molecular flexibility index (Phi) is 5.60. The number of benzene rings is 1. The summed E-state index contributed by atoms with van der Waals surface area (Å²) in [6.07, 6.45) is 3.63. The molecule has 1 aromatic heterocycles. The third-order valence-corrected chi connectivity index (χ3v) is 7.00. The first-order chi connectivity index (χ1) is 12.7. The Morgan fingerprint density at radius 1 is 1.30 bits per heavy atom. The van der Waals surface area contributed by atoms with Crippen molar-refractivity contribution >= 4 is 10.0 Å². The molecule has 0 amide bonds. The fourth-order valence-corrected chi connectivity index (χ4v) is 4.81. The topological polar surface area (TPSA) is 73.7 Å². The van der Waals surface area contributed by atoms with E-state index < -0.39 is 10.0 Å². The lowest BCUT2D eigenvalue weighted by Gasteiger charge is -2.23. The molecule has 148 valence electrons. The van der Waals surface area contributed by atoms with E-state index in [2.05, 4.69) is 11.1 Å². The molecule has 1 aromatic carbocycles. The van der Waals surface area contributed by atoms with Crippen LogP contribution in [-0.4, -0.2) is 62.4 Å². The van der Waals surface area contributed by atoms with Gasteiger partial charge in [0.25, 0.3) is 0 Å². The van der Waals surface area contributed by atoms with Crippen molar-refractivity contribution in [1.29, 1.82) is 0 Å². The minimum absolute atomic E-state index is 0.0479. The molecule has 0 N–H and O–H groups in total. The predicted octanol–water partition coefficient (Wildman–Crippen LogP) is 2.25. The number of hydrogen-bond acceptors (Lipinski definition) is 5. The van der Waals surface area contributed by atoms with Gasteiger partial charge < -0.3 is 14.0 Å². The van der Waals surface area contributed by atoms with Gasteiger partial charge in [0.15, 0.2) is 0 Å². The quantitative estimate of drug-likeness (QED) is 0.753. The molecule has 3 rings (SSSR count). The zero-order chi connectivity index (χ0) is 19.8. The summed E-state index contributed by atoms with van der Waals surface area (Å²) in [6.45, 7) is 4.92. The van der Waals surface area contributed by atoms with Crippen LogP contribution in [0.4, 0.5) is 0 Å². The van der Waals surface area contributed by atoms with Crippen molar-refractivity contribution in [1.82, 2.24) is 13.9 Å². The highest BCUT2D eigenvalue weighted by molar-refractivity contribution is 7.89. The van der Waals surface area contributed by atoms with E-state index >= 15 is 0 Å². The normalized spacial score (nSPS) is 20.4. The highest BCUT2D eigenvalue weighted by atomic mass is 32.2. The van der Waals surface area contributed by atoms with E-state index in [0.717, 1.165) is 28.3 Å². The van der Waals surface area contributed by atoms with E-state index in [-0.39, 0.29) is 17.7 Å². The molecule has 1 aliphatic rings. The first-order valence-corrected chi connectivity index (χ1v) is 10.5. The molecule has 1 fully saturated rings. The van der Waals surface area contributed by atoms with Crippen LogP contribution in [0.5, 0.6) is 5.75 Å². The average Bonchev–Trinajstić information content (AvgIpc) is 3.22. The summed E-state index contributed by atoms with van der Waals surface area (Å²) in [5.41, 5.74) is 3.06. The maximum absolute atomic E-state index is 12.4. The van der Waals surface area contributed by atoms with Gasteiger partial charge in [0, 0.05) is 32.4 Å². The van der Waals surface area contributed by atoms with Crippen LogP contribution in [0.3, 0.4) is 0 Å². The van der Waals surface area contributed by atoms with Crippen molar-refractivity contribution in [2.24, 2.45) is 5.92 Å². The van der Waals surface area contributed by atoms with Crippen molar-refractivity contribution < 1.29 is 17.9 Å². The third kappa shape index (κ3) is 3.88. The van der Waals surface area contributed by atoms with E-state index in [1.54, 1.807) is 27.4 Å². The SMILES string of the molecule is COc1c(C)cc(C)cc1-c1nccn1[C@@H]1COC[C@H]1CS(=O)(=O)N(C)C. The van der Waals surface area contributed by atoms with Crippen LogP contribution in [0.2, 0.25) is 0 Å². The van der Waals surface area contributed by atoms with Gasteiger partial charge in [0.1, 0.15) is 11.6 Å². The number of methoxy groups -OCH3 is 1. The summed E-state index contributed by atoms with van der Waals surface area (Å²) >= 11 is 0. The van der Waals surface area contributed by atoms with Crippen LogP contribution in [0, 0.1) is 19.8 Å². The van der Waals surface area contributed by atoms with Gasteiger partial charge in [0.05, 0.1) is 37.7 Å². The lowest BCUT2D eigenvalue weighted by Crippen LogP contribution is -2.32. The fraction of sp³-hybridized carbons (Fsp3) is 0.526. The summed E-state index contributed by atoms with van der Waals surface area (Å²) in [6, 6.07) is 4.02. The molecule has 0 saturated carbocycles. The number of rotatable bonds is 6. The molecule has 2 heterocycles. The maximum Gasteiger partial charge on any atom is 0.214 e. The Morgan fingerprint density at radius 2 is 2.04 bits per heavy atom. The van der Waals surface area contributed by atoms with Crippen LogP contribution in [0.25, 0.3) is 11.4 Å². The predicted molar refractivity (Wildman–Crippen MR) is 105 cm³/mol. The molecule has 1 saturated heterocycles. The summed E-state index contributed by atoms with van der Waals surface area (Å²) in [4.78, 5) is 4.56. The number of hydrogen-bond donors (Lipinski definition) is 0. The Labute approximate surface area is 161 Å². The average molecular weight is 394 g/mol. The van der Waals surface area contributed by atoms with E-state index in [1.807, 2.05) is 30.7 Å². The smallest absolute Gasteiger partial charge is 0.214 e. The first kappa shape index (κ1) is 19.9. The number of sulfonamides is 1. The van der Waals surface area contributed by atoms with Crippen LogP contribution >= 0.6 is 0 Å². The number of aromatic nitrogens is 2. The number of nitrogens with zero attached hydrogens (tertiary/aromatic N) is 3. The number of imidazole rings is 1. The maximum atomic E-state index is 12.4. The second-order valence-corrected chi connectivity index (χ2v) is 9.47. The van der Waals surface area contributed by atoms with Crippen LogP contribution < -0.4 is 4.74 Å². The van der Waals surface area contributed by atoms with E-state index in [0.29, 0.717) is 13.2 Å². The van der Waals surface area contributed by atoms with Gasteiger partial charge in [-0.15, -0.1) is 0 Å². The van der Waals surface area contributed by atoms with E-state index in [1.165, 1.54) is 4.31 Å². The molecular formula is C19H27N3O4S. The third-order valence-electron chi connectivity index (χ3n) is 5.04. The molecule has 0 spiro atoms. The van der Waals surface area contributed by atoms with Gasteiger partial charge in [-0.05, 0) is 31.0 Å². The van der Waals surface area contributed by atoms with Gasteiger partial charge in [0.2, 0.25) is 10.0 Å². The van der Waals surface area contributed by atoms with Gasteiger partial charge in [-0.25, -0.2) is 17.7 Å². The number of ether oxygens (including phenoxy) is 2. The summed E-state index contributed by atoms with van der Waals surface area (Å²) in [7, 11) is 1.46. The number of aryl methyl sites for hydroxylation is 2. The highest BCUT2D eigenvalue weighted by Crippen LogP contribution is 2.37. The molecule has 0 bridgehead atoms. The monoisotopic (exact) mass is 393 g/mol. The Hall–Kier alpha value is -1.90. The molecule has 1 aliphatic heterocycles. The molecule has 0 radical (unpaired) electrons. The molecule has 2 aromatic rings. The summed E-state index contributed by atoms with van der Waals surface area (Å²) in [5, 5.41) is 0. The summed E-state index contributed by atoms with van der Waals surface area (Å²) < 4.78 is 39.3. The van der Waals surface area contributed by atoms with Crippen molar-refractivity contribution in [2.75, 3.05) is 40.2 Å². The Balaban J connectivity index is 2.01. The van der Waals surface area contributed by atoms with E-state index in [4.69, 9.17) is 9.47 Å². The molecule has 2 atom stereocenters. The van der Waals surface area contributed by atoms with Gasteiger partial charge >= 0.3 is 0 Å². The minimum Gasteiger partial charge on any atom is -0.496 e. The fourth-order valence-electron chi connectivity index (χ4n) is 3.65. The molecular weight excluding hydrogens is 366 g/mol. The lowest BCUT2D eigenvalue weighted by molar-refractivity contribution is 0.182.